The summed E-state index contributed by atoms with van der Waals surface area (Å²) < 4.78 is 0. The van der Waals surface area contributed by atoms with Gasteiger partial charge in [0.2, 0.25) is 0 Å². The second kappa shape index (κ2) is 8.85. The normalized spacial score (nSPS) is 10.5. The standard InChI is InChI=1S/C4H11NO3.C2H8N2/c5-4(1-6,2-7)3-8;3-1-2-4/h6-8H,1-3,5H2;1-4H2. The molecule has 0 aromatic carbocycles. The van der Waals surface area contributed by atoms with Gasteiger partial charge in [-0.2, -0.15) is 0 Å². The molecule has 0 radical (unpaired) electrons. The van der Waals surface area contributed by atoms with Gasteiger partial charge < -0.3 is 32.5 Å². The minimum absolute atomic E-state index is 0.403. The first-order valence-corrected chi connectivity index (χ1v) is 3.61. The van der Waals surface area contributed by atoms with Crippen LogP contribution in [0.2, 0.25) is 0 Å². The Hall–Kier alpha value is -0.240. The minimum atomic E-state index is -1.21. The van der Waals surface area contributed by atoms with Gasteiger partial charge in [0.15, 0.2) is 0 Å². The van der Waals surface area contributed by atoms with Crippen molar-refractivity contribution >= 4 is 0 Å². The molecule has 0 rings (SSSR count). The zero-order valence-corrected chi connectivity index (χ0v) is 7.11. The summed E-state index contributed by atoms with van der Waals surface area (Å²) in [5.41, 5.74) is 13.7. The van der Waals surface area contributed by atoms with Crippen molar-refractivity contribution in [2.45, 2.75) is 5.54 Å². The van der Waals surface area contributed by atoms with E-state index in [-0.39, 0.29) is 0 Å². The van der Waals surface area contributed by atoms with Crippen LogP contribution in [0.3, 0.4) is 0 Å². The average Bonchev–Trinajstić information content (AvgIpc) is 2.17. The molecule has 0 unspecified atom stereocenters. The summed E-state index contributed by atoms with van der Waals surface area (Å²) in [5, 5.41) is 25.0. The molecule has 0 fully saturated rings. The molecular weight excluding hydrogens is 162 g/mol. The van der Waals surface area contributed by atoms with Crippen LogP contribution < -0.4 is 17.2 Å². The van der Waals surface area contributed by atoms with Gasteiger partial charge >= 0.3 is 0 Å². The Balaban J connectivity index is 0. The van der Waals surface area contributed by atoms with Gasteiger partial charge in [-0.25, -0.2) is 0 Å². The van der Waals surface area contributed by atoms with Gasteiger partial charge in [0, 0.05) is 13.1 Å². The van der Waals surface area contributed by atoms with Crippen LogP contribution in [-0.4, -0.2) is 53.8 Å². The van der Waals surface area contributed by atoms with Gasteiger partial charge in [0.25, 0.3) is 0 Å². The van der Waals surface area contributed by atoms with Crippen LogP contribution in [-0.2, 0) is 0 Å². The van der Waals surface area contributed by atoms with Gasteiger partial charge in [-0.3, -0.25) is 0 Å². The Kier molecular flexibility index (Phi) is 10.5. The minimum Gasteiger partial charge on any atom is -0.394 e. The molecule has 12 heavy (non-hydrogen) atoms. The van der Waals surface area contributed by atoms with Crippen molar-refractivity contribution in [2.24, 2.45) is 17.2 Å². The first-order valence-electron chi connectivity index (χ1n) is 3.61. The van der Waals surface area contributed by atoms with E-state index < -0.39 is 25.4 Å². The molecule has 6 heteroatoms. The fourth-order valence-electron chi connectivity index (χ4n) is 0.150. The van der Waals surface area contributed by atoms with Crippen LogP contribution in [0, 0.1) is 0 Å². The van der Waals surface area contributed by atoms with Gasteiger partial charge in [-0.05, 0) is 0 Å². The largest absolute Gasteiger partial charge is 0.394 e. The SMILES string of the molecule is NC(CO)(CO)CO.NCCN. The van der Waals surface area contributed by atoms with Crippen molar-refractivity contribution in [2.75, 3.05) is 32.9 Å². The monoisotopic (exact) mass is 181 g/mol. The molecule has 9 N–H and O–H groups in total. The summed E-state index contributed by atoms with van der Waals surface area (Å²) >= 11 is 0. The lowest BCUT2D eigenvalue weighted by Gasteiger charge is -2.20. The maximum Gasteiger partial charge on any atom is 0.0856 e. The molecule has 0 aliphatic carbocycles. The Labute approximate surface area is 72.0 Å². The lowest BCUT2D eigenvalue weighted by atomic mass is 10.1. The second-order valence-electron chi connectivity index (χ2n) is 2.41. The summed E-state index contributed by atoms with van der Waals surface area (Å²) in [6, 6.07) is 0. The second-order valence-corrected chi connectivity index (χ2v) is 2.41. The summed E-state index contributed by atoms with van der Waals surface area (Å²) in [5.74, 6) is 0. The van der Waals surface area contributed by atoms with Gasteiger partial charge in [0.05, 0.1) is 25.4 Å². The van der Waals surface area contributed by atoms with Gasteiger partial charge in [-0.1, -0.05) is 0 Å². The van der Waals surface area contributed by atoms with Crippen LogP contribution >= 0.6 is 0 Å². The molecule has 0 saturated carbocycles. The number of rotatable bonds is 4. The average molecular weight is 181 g/mol. The number of nitrogens with two attached hydrogens (primary N) is 3. The first-order chi connectivity index (χ1) is 5.60. The van der Waals surface area contributed by atoms with E-state index >= 15 is 0 Å². The molecule has 0 heterocycles. The maximum absolute atomic E-state index is 8.34. The lowest BCUT2D eigenvalue weighted by molar-refractivity contribution is 0.0698. The molecule has 0 bridgehead atoms. The van der Waals surface area contributed by atoms with Crippen LogP contribution in [0.25, 0.3) is 0 Å². The summed E-state index contributed by atoms with van der Waals surface area (Å²) in [6.07, 6.45) is 0. The number of hydrogen-bond acceptors (Lipinski definition) is 6. The van der Waals surface area contributed by atoms with Crippen molar-refractivity contribution in [3.63, 3.8) is 0 Å². The molecule has 0 aliphatic heterocycles. The van der Waals surface area contributed by atoms with Crippen LogP contribution in [0.1, 0.15) is 0 Å². The molecule has 0 saturated heterocycles. The van der Waals surface area contributed by atoms with Crippen LogP contribution in [0.4, 0.5) is 0 Å². The highest BCUT2D eigenvalue weighted by Gasteiger charge is 2.20. The highest BCUT2D eigenvalue weighted by molar-refractivity contribution is 4.80. The highest BCUT2D eigenvalue weighted by Crippen LogP contribution is 1.93. The van der Waals surface area contributed by atoms with Crippen LogP contribution in [0.5, 0.6) is 0 Å². The van der Waals surface area contributed by atoms with E-state index in [1.165, 1.54) is 0 Å². The van der Waals surface area contributed by atoms with Crippen LogP contribution in [0.15, 0.2) is 0 Å². The van der Waals surface area contributed by atoms with Crippen molar-refractivity contribution in [1.29, 1.82) is 0 Å². The third kappa shape index (κ3) is 7.86. The lowest BCUT2D eigenvalue weighted by Crippen LogP contribution is -2.50. The Morgan fingerprint density at radius 3 is 1.08 bits per heavy atom. The van der Waals surface area contributed by atoms with E-state index in [0.717, 1.165) is 0 Å². The van der Waals surface area contributed by atoms with Crippen molar-refractivity contribution in [3.05, 3.63) is 0 Å². The number of hydrogen-bond donors (Lipinski definition) is 6. The zero-order valence-electron chi connectivity index (χ0n) is 7.11. The molecule has 0 aliphatic rings. The van der Waals surface area contributed by atoms with E-state index in [2.05, 4.69) is 0 Å². The van der Waals surface area contributed by atoms with Crippen molar-refractivity contribution in [3.8, 4) is 0 Å². The van der Waals surface area contributed by atoms with Crippen molar-refractivity contribution < 1.29 is 15.3 Å². The first kappa shape index (κ1) is 14.3. The molecule has 6 nitrogen and oxygen atoms in total. The highest BCUT2D eigenvalue weighted by atomic mass is 16.3. The van der Waals surface area contributed by atoms with E-state index in [1.807, 2.05) is 0 Å². The van der Waals surface area contributed by atoms with Gasteiger partial charge in [0.1, 0.15) is 0 Å². The molecule has 0 spiro atoms. The fraction of sp³-hybridized carbons (Fsp3) is 1.00. The Morgan fingerprint density at radius 2 is 1.08 bits per heavy atom. The van der Waals surface area contributed by atoms with Gasteiger partial charge in [-0.15, -0.1) is 0 Å². The Bertz CT molecular complexity index is 77.8. The van der Waals surface area contributed by atoms with E-state index in [4.69, 9.17) is 32.5 Å². The summed E-state index contributed by atoms with van der Waals surface area (Å²) in [7, 11) is 0. The Morgan fingerprint density at radius 1 is 0.833 bits per heavy atom. The number of aliphatic hydroxyl groups is 3. The smallest absolute Gasteiger partial charge is 0.0856 e. The number of aliphatic hydroxyl groups excluding tert-OH is 3. The molecular formula is C6H19N3O3. The van der Waals surface area contributed by atoms with E-state index in [9.17, 15) is 0 Å². The quantitative estimate of drug-likeness (QED) is 0.267. The molecule has 0 atom stereocenters. The molecule has 0 amide bonds. The zero-order chi connectivity index (χ0) is 10.0. The predicted molar refractivity (Wildman–Crippen MR) is 46.3 cm³/mol. The molecule has 0 aromatic heterocycles. The fourth-order valence-corrected chi connectivity index (χ4v) is 0.150. The third-order valence-electron chi connectivity index (χ3n) is 1.11. The molecule has 76 valence electrons. The van der Waals surface area contributed by atoms with E-state index in [1.54, 1.807) is 0 Å². The third-order valence-corrected chi connectivity index (χ3v) is 1.11. The maximum atomic E-state index is 8.34. The van der Waals surface area contributed by atoms with Crippen molar-refractivity contribution in [1.82, 2.24) is 0 Å². The topological polar surface area (TPSA) is 139 Å². The predicted octanol–water partition coefficient (Wildman–Crippen LogP) is -3.44. The summed E-state index contributed by atoms with van der Waals surface area (Å²) in [4.78, 5) is 0. The van der Waals surface area contributed by atoms with E-state index in [0.29, 0.717) is 13.1 Å². The molecule has 0 aromatic rings. The summed E-state index contributed by atoms with van der Waals surface area (Å²) in [6.45, 7) is -0.0139.